The van der Waals surface area contributed by atoms with Gasteiger partial charge in [0.15, 0.2) is 6.61 Å². The number of nitriles is 1. The smallest absolute Gasteiger partial charge is 0.330 e. The SMILES string of the molecule is N#CC1CCCCC1NC(=O)COC(=O)/C=C\C1CCCC(F)C1. The van der Waals surface area contributed by atoms with Crippen molar-refractivity contribution in [3.63, 3.8) is 0 Å². The van der Waals surface area contributed by atoms with Crippen molar-refractivity contribution < 1.29 is 18.7 Å². The maximum Gasteiger partial charge on any atom is 0.330 e. The Morgan fingerprint density at radius 3 is 2.75 bits per heavy atom. The highest BCUT2D eigenvalue weighted by Crippen LogP contribution is 2.27. The van der Waals surface area contributed by atoms with Gasteiger partial charge in [0, 0.05) is 12.1 Å². The fraction of sp³-hybridized carbons (Fsp3) is 0.722. The average molecular weight is 336 g/mol. The summed E-state index contributed by atoms with van der Waals surface area (Å²) in [6.45, 7) is -0.353. The fourth-order valence-corrected chi connectivity index (χ4v) is 3.45. The highest BCUT2D eigenvalue weighted by atomic mass is 19.1. The van der Waals surface area contributed by atoms with Gasteiger partial charge in [0.1, 0.15) is 6.17 Å². The number of rotatable bonds is 5. The molecular formula is C18H25FN2O3. The van der Waals surface area contributed by atoms with E-state index in [-0.39, 0.29) is 30.4 Å². The summed E-state index contributed by atoms with van der Waals surface area (Å²) in [6.07, 6.45) is 8.49. The minimum Gasteiger partial charge on any atom is -0.452 e. The molecule has 0 aromatic heterocycles. The van der Waals surface area contributed by atoms with Crippen molar-refractivity contribution in [1.82, 2.24) is 5.32 Å². The Labute approximate surface area is 142 Å². The Morgan fingerprint density at radius 1 is 1.21 bits per heavy atom. The lowest BCUT2D eigenvalue weighted by Crippen LogP contribution is -2.43. The van der Waals surface area contributed by atoms with Crippen LogP contribution < -0.4 is 5.32 Å². The van der Waals surface area contributed by atoms with Crippen LogP contribution in [0.5, 0.6) is 0 Å². The third kappa shape index (κ3) is 5.95. The predicted molar refractivity (Wildman–Crippen MR) is 86.5 cm³/mol. The third-order valence-electron chi connectivity index (χ3n) is 4.78. The summed E-state index contributed by atoms with van der Waals surface area (Å²) in [5.41, 5.74) is 0. The van der Waals surface area contributed by atoms with Crippen molar-refractivity contribution >= 4 is 11.9 Å². The van der Waals surface area contributed by atoms with Gasteiger partial charge >= 0.3 is 5.97 Å². The number of alkyl halides is 1. The molecule has 6 heteroatoms. The summed E-state index contributed by atoms with van der Waals surface area (Å²) in [5, 5.41) is 11.9. The molecule has 2 saturated carbocycles. The topological polar surface area (TPSA) is 79.2 Å². The number of amides is 1. The van der Waals surface area contributed by atoms with Crippen LogP contribution in [0, 0.1) is 23.2 Å². The number of halogens is 1. The second-order valence-corrected chi connectivity index (χ2v) is 6.68. The highest BCUT2D eigenvalue weighted by Gasteiger charge is 2.26. The maximum atomic E-state index is 13.3. The molecule has 0 heterocycles. The quantitative estimate of drug-likeness (QED) is 0.618. The second kappa shape index (κ2) is 9.41. The summed E-state index contributed by atoms with van der Waals surface area (Å²) >= 11 is 0. The van der Waals surface area contributed by atoms with Crippen LogP contribution >= 0.6 is 0 Å². The van der Waals surface area contributed by atoms with Crippen LogP contribution in [0.4, 0.5) is 4.39 Å². The van der Waals surface area contributed by atoms with Crippen molar-refractivity contribution in [2.24, 2.45) is 11.8 Å². The first-order chi connectivity index (χ1) is 11.6. The van der Waals surface area contributed by atoms with Crippen molar-refractivity contribution in [2.45, 2.75) is 63.6 Å². The molecule has 4 atom stereocenters. The molecule has 2 fully saturated rings. The summed E-state index contributed by atoms with van der Waals surface area (Å²) in [4.78, 5) is 23.5. The van der Waals surface area contributed by atoms with Gasteiger partial charge < -0.3 is 10.1 Å². The Balaban J connectivity index is 1.69. The van der Waals surface area contributed by atoms with Gasteiger partial charge in [0.25, 0.3) is 5.91 Å². The van der Waals surface area contributed by atoms with Gasteiger partial charge in [-0.1, -0.05) is 18.9 Å². The summed E-state index contributed by atoms with van der Waals surface area (Å²) in [6, 6.07) is 2.06. The fourth-order valence-electron chi connectivity index (χ4n) is 3.45. The molecule has 0 aliphatic heterocycles. The predicted octanol–water partition coefficient (Wildman–Crippen LogP) is 2.81. The van der Waals surface area contributed by atoms with E-state index in [0.29, 0.717) is 12.8 Å². The van der Waals surface area contributed by atoms with E-state index in [1.807, 2.05) is 0 Å². The molecule has 2 aliphatic rings. The highest BCUT2D eigenvalue weighted by molar-refractivity contribution is 5.85. The van der Waals surface area contributed by atoms with Crippen molar-refractivity contribution in [2.75, 3.05) is 6.61 Å². The molecule has 4 unspecified atom stereocenters. The van der Waals surface area contributed by atoms with Crippen LogP contribution in [0.15, 0.2) is 12.2 Å². The van der Waals surface area contributed by atoms with Gasteiger partial charge in [-0.2, -0.15) is 5.26 Å². The van der Waals surface area contributed by atoms with Crippen LogP contribution in [0.2, 0.25) is 0 Å². The van der Waals surface area contributed by atoms with E-state index in [1.165, 1.54) is 6.08 Å². The van der Waals surface area contributed by atoms with E-state index >= 15 is 0 Å². The molecule has 5 nitrogen and oxygen atoms in total. The standard InChI is InChI=1S/C18H25FN2O3/c19-15-6-3-4-13(10-15)8-9-18(23)24-12-17(22)21-16-7-2-1-5-14(16)11-20/h8-9,13-16H,1-7,10,12H2,(H,21,22)/b9-8-. The number of hydrogen-bond acceptors (Lipinski definition) is 4. The van der Waals surface area contributed by atoms with Crippen LogP contribution in [0.3, 0.4) is 0 Å². The second-order valence-electron chi connectivity index (χ2n) is 6.68. The number of nitrogens with zero attached hydrogens (tertiary/aromatic N) is 1. The van der Waals surface area contributed by atoms with E-state index in [0.717, 1.165) is 38.5 Å². The Kier molecular flexibility index (Phi) is 7.23. The summed E-state index contributed by atoms with van der Waals surface area (Å²) < 4.78 is 18.2. The Morgan fingerprint density at radius 2 is 2.00 bits per heavy atom. The van der Waals surface area contributed by atoms with Gasteiger partial charge in [0.2, 0.25) is 0 Å². The van der Waals surface area contributed by atoms with Gasteiger partial charge in [-0.25, -0.2) is 9.18 Å². The zero-order valence-electron chi connectivity index (χ0n) is 13.9. The lowest BCUT2D eigenvalue weighted by atomic mass is 9.85. The Bertz CT molecular complexity index is 515. The Hall–Kier alpha value is -1.90. The normalized spacial score (nSPS) is 30.5. The van der Waals surface area contributed by atoms with Crippen LogP contribution in [0.1, 0.15) is 51.4 Å². The van der Waals surface area contributed by atoms with Crippen LogP contribution in [0.25, 0.3) is 0 Å². The molecule has 0 aromatic rings. The largest absolute Gasteiger partial charge is 0.452 e. The molecule has 24 heavy (non-hydrogen) atoms. The molecule has 0 spiro atoms. The average Bonchev–Trinajstić information content (AvgIpc) is 2.58. The number of esters is 1. The summed E-state index contributed by atoms with van der Waals surface area (Å²) in [7, 11) is 0. The lowest BCUT2D eigenvalue weighted by molar-refractivity contribution is -0.144. The zero-order chi connectivity index (χ0) is 17.4. The monoisotopic (exact) mass is 336 g/mol. The summed E-state index contributed by atoms with van der Waals surface area (Å²) in [5.74, 6) is -1.08. The molecular weight excluding hydrogens is 311 g/mol. The van der Waals surface area contributed by atoms with E-state index < -0.39 is 12.1 Å². The number of allylic oxidation sites excluding steroid dienone is 1. The van der Waals surface area contributed by atoms with Gasteiger partial charge in [0.05, 0.1) is 12.0 Å². The van der Waals surface area contributed by atoms with E-state index in [9.17, 15) is 14.0 Å². The molecule has 0 radical (unpaired) electrons. The van der Waals surface area contributed by atoms with Gasteiger partial charge in [-0.05, 0) is 44.4 Å². The number of ether oxygens (including phenoxy) is 1. The maximum absolute atomic E-state index is 13.3. The number of carbonyl (C=O) groups is 2. The molecule has 1 amide bonds. The minimum absolute atomic E-state index is 0.0637. The van der Waals surface area contributed by atoms with Crippen LogP contribution in [-0.4, -0.2) is 30.7 Å². The zero-order valence-corrected chi connectivity index (χ0v) is 13.9. The molecule has 2 aliphatic carbocycles. The molecule has 132 valence electrons. The van der Waals surface area contributed by atoms with Gasteiger partial charge in [-0.15, -0.1) is 0 Å². The minimum atomic E-state index is -0.793. The molecule has 1 N–H and O–H groups in total. The number of hydrogen-bond donors (Lipinski definition) is 1. The van der Waals surface area contributed by atoms with Crippen molar-refractivity contribution in [3.8, 4) is 6.07 Å². The van der Waals surface area contributed by atoms with Crippen LogP contribution in [-0.2, 0) is 14.3 Å². The molecule has 0 aromatic carbocycles. The lowest BCUT2D eigenvalue weighted by Gasteiger charge is -2.27. The molecule has 0 bridgehead atoms. The van der Waals surface area contributed by atoms with Crippen molar-refractivity contribution in [3.05, 3.63) is 12.2 Å². The number of nitrogens with one attached hydrogen (secondary N) is 1. The van der Waals surface area contributed by atoms with E-state index in [1.54, 1.807) is 6.08 Å². The van der Waals surface area contributed by atoms with Gasteiger partial charge in [-0.3, -0.25) is 4.79 Å². The number of carbonyl (C=O) groups excluding carboxylic acids is 2. The van der Waals surface area contributed by atoms with Crippen molar-refractivity contribution in [1.29, 1.82) is 5.26 Å². The molecule has 0 saturated heterocycles. The first-order valence-electron chi connectivity index (χ1n) is 8.76. The first-order valence-corrected chi connectivity index (χ1v) is 8.76. The first kappa shape index (κ1) is 18.4. The van der Waals surface area contributed by atoms with E-state index in [4.69, 9.17) is 10.00 Å². The van der Waals surface area contributed by atoms with E-state index in [2.05, 4.69) is 11.4 Å². The third-order valence-corrected chi connectivity index (χ3v) is 4.78. The molecule has 2 rings (SSSR count).